The summed E-state index contributed by atoms with van der Waals surface area (Å²) in [6.07, 6.45) is -13.6. The predicted molar refractivity (Wildman–Crippen MR) is 126 cm³/mol. The molecule has 46 heavy (non-hydrogen) atoms. The third kappa shape index (κ3) is 6.39. The van der Waals surface area contributed by atoms with Gasteiger partial charge in [0, 0.05) is 6.42 Å². The van der Waals surface area contributed by atoms with Crippen molar-refractivity contribution in [2.45, 2.75) is 79.9 Å². The van der Waals surface area contributed by atoms with Gasteiger partial charge in [0.25, 0.3) is 0 Å². The maximum atomic E-state index is 14.4. The molecule has 0 heterocycles. The number of amides is 1. The van der Waals surface area contributed by atoms with E-state index in [1.54, 1.807) is 0 Å². The van der Waals surface area contributed by atoms with E-state index >= 15 is 0 Å². The van der Waals surface area contributed by atoms with E-state index in [9.17, 15) is 79.4 Å². The second kappa shape index (κ2) is 12.0. The Bertz CT molecular complexity index is 1300. The van der Waals surface area contributed by atoms with Gasteiger partial charge in [0.15, 0.2) is 0 Å². The molecule has 20 heteroatoms. The van der Waals surface area contributed by atoms with Crippen LogP contribution in [-0.4, -0.2) is 59.3 Å². The van der Waals surface area contributed by atoms with Crippen LogP contribution in [0.5, 0.6) is 0 Å². The number of para-hydroxylation sites is 2. The fraction of sp³-hybridized carbons (Fsp3) is 0.500. The fourth-order valence-electron chi connectivity index (χ4n) is 3.66. The van der Waals surface area contributed by atoms with E-state index in [0.29, 0.717) is 0 Å². The van der Waals surface area contributed by atoms with E-state index in [2.05, 4.69) is 0 Å². The van der Waals surface area contributed by atoms with Crippen molar-refractivity contribution >= 4 is 17.5 Å². The molecule has 0 saturated carbocycles. The molecular formula is C26H20F17NO2. The first-order valence-corrected chi connectivity index (χ1v) is 12.3. The van der Waals surface area contributed by atoms with E-state index in [-0.39, 0.29) is 11.4 Å². The molecule has 0 bridgehead atoms. The summed E-state index contributed by atoms with van der Waals surface area (Å²) in [5.41, 5.74) is -2.22. The number of hydrogen-bond donors (Lipinski definition) is 0. The maximum Gasteiger partial charge on any atom is 0.460 e. The predicted octanol–water partition coefficient (Wildman–Crippen LogP) is 10.5. The minimum atomic E-state index is -8.70. The lowest BCUT2D eigenvalue weighted by atomic mass is 9.87. The van der Waals surface area contributed by atoms with Gasteiger partial charge in [-0.1, -0.05) is 36.4 Å². The van der Waals surface area contributed by atoms with Crippen LogP contribution in [0, 0.1) is 0 Å². The van der Waals surface area contributed by atoms with Crippen LogP contribution in [0.3, 0.4) is 0 Å². The Balaban J connectivity index is 2.38. The highest BCUT2D eigenvalue weighted by Crippen LogP contribution is 2.64. The molecule has 2 aromatic rings. The van der Waals surface area contributed by atoms with E-state index in [4.69, 9.17) is 4.74 Å². The second-order valence-electron chi connectivity index (χ2n) is 10.3. The molecule has 0 aromatic heterocycles. The summed E-state index contributed by atoms with van der Waals surface area (Å²) in [4.78, 5) is 13.8. The number of halogens is 17. The number of benzene rings is 2. The molecule has 3 nitrogen and oxygen atoms in total. The van der Waals surface area contributed by atoms with Crippen LogP contribution in [-0.2, 0) is 4.74 Å². The van der Waals surface area contributed by atoms with Crippen molar-refractivity contribution < 1.29 is 84.2 Å². The normalized spacial score (nSPS) is 14.7. The molecule has 1 amide bonds. The lowest BCUT2D eigenvalue weighted by molar-refractivity contribution is -0.462. The van der Waals surface area contributed by atoms with Crippen molar-refractivity contribution in [1.29, 1.82) is 0 Å². The van der Waals surface area contributed by atoms with Gasteiger partial charge in [0.1, 0.15) is 5.60 Å². The summed E-state index contributed by atoms with van der Waals surface area (Å²) in [6, 6.07) is 14.2. The molecule has 0 radical (unpaired) electrons. The van der Waals surface area contributed by atoms with Crippen LogP contribution in [0.1, 0.15) is 26.7 Å². The third-order valence-corrected chi connectivity index (χ3v) is 6.40. The van der Waals surface area contributed by atoms with Crippen LogP contribution in [0.4, 0.5) is 90.8 Å². The Kier molecular flexibility index (Phi) is 10.1. The van der Waals surface area contributed by atoms with Gasteiger partial charge in [-0.25, -0.2) is 9.69 Å². The molecule has 0 atom stereocenters. The molecule has 2 aromatic carbocycles. The highest BCUT2D eigenvalue weighted by Gasteiger charge is 2.95. The third-order valence-electron chi connectivity index (χ3n) is 6.40. The summed E-state index contributed by atoms with van der Waals surface area (Å²) < 4.78 is 235. The zero-order chi connectivity index (χ0) is 36.0. The quantitative estimate of drug-likeness (QED) is 0.206. The molecule has 0 aliphatic carbocycles. The van der Waals surface area contributed by atoms with Crippen molar-refractivity contribution in [2.24, 2.45) is 0 Å². The van der Waals surface area contributed by atoms with Crippen LogP contribution in [0.15, 0.2) is 60.7 Å². The lowest BCUT2D eigenvalue weighted by Gasteiger charge is -2.43. The van der Waals surface area contributed by atoms with E-state index in [1.165, 1.54) is 60.7 Å². The van der Waals surface area contributed by atoms with Crippen molar-refractivity contribution in [3.05, 3.63) is 60.7 Å². The summed E-state index contributed by atoms with van der Waals surface area (Å²) in [5, 5.41) is 0. The highest BCUT2D eigenvalue weighted by molar-refractivity contribution is 5.96. The Morgan fingerprint density at radius 1 is 0.522 bits per heavy atom. The topological polar surface area (TPSA) is 29.5 Å². The van der Waals surface area contributed by atoms with Gasteiger partial charge in [0.05, 0.1) is 11.4 Å². The van der Waals surface area contributed by atoms with Crippen molar-refractivity contribution in [3.8, 4) is 0 Å². The zero-order valence-electron chi connectivity index (χ0n) is 22.9. The molecule has 0 N–H and O–H groups in total. The number of hydrogen-bond acceptors (Lipinski definition) is 2. The molecule has 0 fully saturated rings. The number of rotatable bonds is 12. The van der Waals surface area contributed by atoms with Gasteiger partial charge < -0.3 is 4.74 Å². The second-order valence-corrected chi connectivity index (χ2v) is 10.3. The standard InChI is InChI=1S/C26H20F17NO2/c1-18(2,46-17(45)44(15-9-5-3-6-10-15)16-11-7-4-8-12-16)13-14-19(27,28)20(29,30)21(31,32)22(33,34)23(35,36)24(37,38)25(39,40)26(41,42)43/h3-12H,13-14H2,1-2H3. The lowest BCUT2D eigenvalue weighted by Crippen LogP contribution is -2.74. The summed E-state index contributed by atoms with van der Waals surface area (Å²) in [7, 11) is 0. The van der Waals surface area contributed by atoms with Gasteiger partial charge in [-0.05, 0) is 44.5 Å². The van der Waals surface area contributed by atoms with E-state index in [0.717, 1.165) is 18.7 Å². The number of alkyl halides is 17. The average molecular weight is 701 g/mol. The minimum absolute atomic E-state index is 0.0852. The van der Waals surface area contributed by atoms with E-state index in [1.807, 2.05) is 0 Å². The Labute approximate surface area is 247 Å². The maximum absolute atomic E-state index is 14.4. The first-order chi connectivity index (χ1) is 20.4. The first-order valence-electron chi connectivity index (χ1n) is 12.3. The Morgan fingerprint density at radius 3 is 1.20 bits per heavy atom. The van der Waals surface area contributed by atoms with Crippen LogP contribution in [0.2, 0.25) is 0 Å². The molecular weight excluding hydrogens is 681 g/mol. The molecule has 0 aliphatic heterocycles. The number of carbonyl (C=O) groups is 1. The van der Waals surface area contributed by atoms with Crippen LogP contribution >= 0.6 is 0 Å². The molecule has 0 aliphatic rings. The monoisotopic (exact) mass is 701 g/mol. The highest BCUT2D eigenvalue weighted by atomic mass is 19.4. The zero-order valence-corrected chi connectivity index (χ0v) is 22.9. The largest absolute Gasteiger partial charge is 0.460 e. The minimum Gasteiger partial charge on any atom is -0.443 e. The van der Waals surface area contributed by atoms with Crippen molar-refractivity contribution in [3.63, 3.8) is 0 Å². The molecule has 260 valence electrons. The van der Waals surface area contributed by atoms with Crippen molar-refractivity contribution in [1.82, 2.24) is 0 Å². The smallest absolute Gasteiger partial charge is 0.443 e. The summed E-state index contributed by atoms with van der Waals surface area (Å²) in [6.45, 7) is 1.46. The molecule has 0 saturated heterocycles. The fourth-order valence-corrected chi connectivity index (χ4v) is 3.66. The SMILES string of the molecule is CC(C)(CCC(F)(F)C(F)(F)C(F)(F)C(F)(F)C(F)(F)C(F)(F)C(F)(F)C(F)(F)F)OC(=O)N(c1ccccc1)c1ccccc1. The van der Waals surface area contributed by atoms with Gasteiger partial charge in [-0.2, -0.15) is 74.6 Å². The molecule has 2 rings (SSSR count). The molecule has 0 spiro atoms. The summed E-state index contributed by atoms with van der Waals surface area (Å²) in [5.74, 6) is -56.9. The van der Waals surface area contributed by atoms with Crippen LogP contribution < -0.4 is 4.90 Å². The Morgan fingerprint density at radius 2 is 0.848 bits per heavy atom. The Hall–Kier alpha value is -3.48. The van der Waals surface area contributed by atoms with Crippen LogP contribution in [0.25, 0.3) is 0 Å². The van der Waals surface area contributed by atoms with Gasteiger partial charge >= 0.3 is 53.7 Å². The van der Waals surface area contributed by atoms with Gasteiger partial charge in [-0.15, -0.1) is 0 Å². The first kappa shape index (κ1) is 38.7. The number of anilines is 2. The number of nitrogens with zero attached hydrogens (tertiary/aromatic N) is 1. The number of ether oxygens (including phenoxy) is 1. The van der Waals surface area contributed by atoms with E-state index < -0.39 is 72.2 Å². The average Bonchev–Trinajstić information content (AvgIpc) is 2.92. The van der Waals surface area contributed by atoms with Gasteiger partial charge in [-0.3, -0.25) is 0 Å². The number of carbonyl (C=O) groups excluding carboxylic acids is 1. The summed E-state index contributed by atoms with van der Waals surface area (Å²) >= 11 is 0. The molecule has 0 unspecified atom stereocenters. The van der Waals surface area contributed by atoms with Crippen molar-refractivity contribution in [2.75, 3.05) is 4.90 Å². The van der Waals surface area contributed by atoms with Gasteiger partial charge in [0.2, 0.25) is 0 Å².